The zero-order valence-corrected chi connectivity index (χ0v) is 12.9. The van der Waals surface area contributed by atoms with Crippen molar-refractivity contribution in [1.29, 1.82) is 0 Å². The molecule has 1 aromatic rings. The maximum absolute atomic E-state index is 11.7. The highest BCUT2D eigenvalue weighted by atomic mass is 16.5. The van der Waals surface area contributed by atoms with E-state index in [0.29, 0.717) is 11.0 Å². The summed E-state index contributed by atoms with van der Waals surface area (Å²) >= 11 is 0. The van der Waals surface area contributed by atoms with E-state index in [1.54, 1.807) is 0 Å². The van der Waals surface area contributed by atoms with Crippen LogP contribution in [-0.2, 0) is 17.7 Å². The number of nitrogens with one attached hydrogen (secondary N) is 1. The largest absolute Gasteiger partial charge is 0.465 e. The van der Waals surface area contributed by atoms with Gasteiger partial charge >= 0.3 is 5.97 Å². The minimum absolute atomic E-state index is 0.248. The van der Waals surface area contributed by atoms with Gasteiger partial charge in [0.05, 0.1) is 12.7 Å². The molecule has 4 heteroatoms. The molecule has 114 valence electrons. The number of carbonyl (C=O) groups excluding carboxylic acids is 1. The number of methoxy groups -OCH3 is 1. The van der Waals surface area contributed by atoms with Crippen molar-refractivity contribution < 1.29 is 9.53 Å². The molecule has 1 unspecified atom stereocenters. The Kier molecular flexibility index (Phi) is 4.00. The monoisotopic (exact) mass is 288 g/mol. The van der Waals surface area contributed by atoms with E-state index in [0.717, 1.165) is 39.1 Å². The molecule has 0 amide bonds. The van der Waals surface area contributed by atoms with Gasteiger partial charge in [-0.15, -0.1) is 0 Å². The fourth-order valence-corrected chi connectivity index (χ4v) is 3.54. The van der Waals surface area contributed by atoms with E-state index in [1.807, 2.05) is 12.1 Å². The Labute approximate surface area is 126 Å². The number of esters is 1. The van der Waals surface area contributed by atoms with Gasteiger partial charge in [-0.25, -0.2) is 4.79 Å². The lowest BCUT2D eigenvalue weighted by atomic mass is 9.88. The molecule has 0 spiro atoms. The van der Waals surface area contributed by atoms with Crippen LogP contribution in [0.25, 0.3) is 0 Å². The van der Waals surface area contributed by atoms with Crippen LogP contribution >= 0.6 is 0 Å². The molecule has 3 rings (SSSR count). The highest BCUT2D eigenvalue weighted by Crippen LogP contribution is 2.29. The quantitative estimate of drug-likeness (QED) is 0.862. The Balaban J connectivity index is 1.73. The summed E-state index contributed by atoms with van der Waals surface area (Å²) in [6.45, 7) is 7.79. The van der Waals surface area contributed by atoms with Gasteiger partial charge in [0.15, 0.2) is 0 Å². The number of hydrogen-bond donors (Lipinski definition) is 1. The average Bonchev–Trinajstić information content (AvgIpc) is 2.92. The molecule has 1 fully saturated rings. The van der Waals surface area contributed by atoms with Gasteiger partial charge in [0.25, 0.3) is 0 Å². The molecule has 4 nitrogen and oxygen atoms in total. The number of benzene rings is 1. The molecule has 0 aromatic heterocycles. The summed E-state index contributed by atoms with van der Waals surface area (Å²) in [6.07, 6.45) is 2.32. The fourth-order valence-electron chi connectivity index (χ4n) is 3.54. The summed E-state index contributed by atoms with van der Waals surface area (Å²) in [5, 5.41) is 3.47. The number of hydrogen-bond acceptors (Lipinski definition) is 4. The molecule has 0 radical (unpaired) electrons. The molecule has 2 aliphatic heterocycles. The van der Waals surface area contributed by atoms with E-state index in [1.165, 1.54) is 24.7 Å². The van der Waals surface area contributed by atoms with Crippen molar-refractivity contribution in [1.82, 2.24) is 10.2 Å². The summed E-state index contributed by atoms with van der Waals surface area (Å²) in [7, 11) is 1.43. The first-order chi connectivity index (χ1) is 10.1. The predicted octanol–water partition coefficient (Wildman–Crippen LogP) is 1.83. The average molecular weight is 288 g/mol. The fraction of sp³-hybridized carbons (Fsp3) is 0.588. The highest BCUT2D eigenvalue weighted by Gasteiger charge is 2.31. The van der Waals surface area contributed by atoms with Crippen molar-refractivity contribution in [2.24, 2.45) is 5.41 Å². The number of ether oxygens (including phenoxy) is 1. The first kappa shape index (κ1) is 14.5. The molecule has 0 bridgehead atoms. The van der Waals surface area contributed by atoms with Crippen molar-refractivity contribution in [2.75, 3.05) is 33.3 Å². The number of rotatable bonds is 3. The summed E-state index contributed by atoms with van der Waals surface area (Å²) < 4.78 is 4.82. The highest BCUT2D eigenvalue weighted by molar-refractivity contribution is 5.89. The number of carbonyl (C=O) groups is 1. The van der Waals surface area contributed by atoms with Gasteiger partial charge in [-0.3, -0.25) is 4.90 Å². The maximum Gasteiger partial charge on any atom is 0.337 e. The van der Waals surface area contributed by atoms with Crippen LogP contribution in [0.4, 0.5) is 0 Å². The molecular weight excluding hydrogens is 264 g/mol. The molecule has 1 atom stereocenters. The van der Waals surface area contributed by atoms with Crippen molar-refractivity contribution in [3.8, 4) is 0 Å². The third kappa shape index (κ3) is 3.11. The molecule has 1 N–H and O–H groups in total. The van der Waals surface area contributed by atoms with Gasteiger partial charge in [0.1, 0.15) is 0 Å². The van der Waals surface area contributed by atoms with Gasteiger partial charge in [0.2, 0.25) is 0 Å². The molecule has 1 saturated heterocycles. The third-order valence-electron chi connectivity index (χ3n) is 4.78. The van der Waals surface area contributed by atoms with Crippen LogP contribution in [-0.4, -0.2) is 44.2 Å². The van der Waals surface area contributed by atoms with Crippen LogP contribution in [0.5, 0.6) is 0 Å². The minimum Gasteiger partial charge on any atom is -0.465 e. The van der Waals surface area contributed by atoms with Crippen molar-refractivity contribution in [2.45, 2.75) is 26.3 Å². The molecule has 2 aliphatic rings. The zero-order valence-electron chi connectivity index (χ0n) is 12.9. The molecule has 2 heterocycles. The topological polar surface area (TPSA) is 41.6 Å². The van der Waals surface area contributed by atoms with Crippen LogP contribution in [0.3, 0.4) is 0 Å². The molecule has 0 saturated carbocycles. The van der Waals surface area contributed by atoms with Crippen LogP contribution in [0.15, 0.2) is 18.2 Å². The molecule has 1 aromatic carbocycles. The van der Waals surface area contributed by atoms with E-state index >= 15 is 0 Å². The predicted molar refractivity (Wildman–Crippen MR) is 82.4 cm³/mol. The van der Waals surface area contributed by atoms with Gasteiger partial charge in [-0.1, -0.05) is 13.0 Å². The summed E-state index contributed by atoms with van der Waals surface area (Å²) in [6, 6.07) is 5.96. The van der Waals surface area contributed by atoms with E-state index in [4.69, 9.17) is 4.74 Å². The second-order valence-corrected chi connectivity index (χ2v) is 6.67. The smallest absolute Gasteiger partial charge is 0.337 e. The van der Waals surface area contributed by atoms with Crippen LogP contribution in [0.1, 0.15) is 34.8 Å². The van der Waals surface area contributed by atoms with E-state index in [2.05, 4.69) is 23.2 Å². The molecular formula is C17H24N2O2. The first-order valence-corrected chi connectivity index (χ1v) is 7.73. The maximum atomic E-state index is 11.7. The standard InChI is InChI=1S/C17H24N2O2/c1-17(6-7-18-11-17)12-19-8-5-13-3-4-14(16(20)21-2)9-15(13)10-19/h3-4,9,18H,5-8,10-12H2,1-2H3. The van der Waals surface area contributed by atoms with Crippen molar-refractivity contribution in [3.63, 3.8) is 0 Å². The Hall–Kier alpha value is -1.39. The van der Waals surface area contributed by atoms with Crippen molar-refractivity contribution in [3.05, 3.63) is 34.9 Å². The Morgan fingerprint density at radius 2 is 2.29 bits per heavy atom. The third-order valence-corrected chi connectivity index (χ3v) is 4.78. The SMILES string of the molecule is COC(=O)c1ccc2c(c1)CN(CC1(C)CCNC1)CC2. The number of nitrogens with zero attached hydrogens (tertiary/aromatic N) is 1. The van der Waals surface area contributed by atoms with Gasteiger partial charge < -0.3 is 10.1 Å². The minimum atomic E-state index is -0.248. The van der Waals surface area contributed by atoms with Crippen molar-refractivity contribution >= 4 is 5.97 Å². The molecule has 21 heavy (non-hydrogen) atoms. The van der Waals surface area contributed by atoms with E-state index in [-0.39, 0.29) is 5.97 Å². The van der Waals surface area contributed by atoms with Gasteiger partial charge in [0, 0.05) is 26.2 Å². The van der Waals surface area contributed by atoms with E-state index in [9.17, 15) is 4.79 Å². The summed E-state index contributed by atoms with van der Waals surface area (Å²) in [4.78, 5) is 14.2. The Bertz CT molecular complexity index is 536. The summed E-state index contributed by atoms with van der Waals surface area (Å²) in [5.41, 5.74) is 3.69. The first-order valence-electron chi connectivity index (χ1n) is 7.73. The summed E-state index contributed by atoms with van der Waals surface area (Å²) in [5.74, 6) is -0.248. The zero-order chi connectivity index (χ0) is 14.9. The Morgan fingerprint density at radius 1 is 1.43 bits per heavy atom. The van der Waals surface area contributed by atoms with Gasteiger partial charge in [-0.2, -0.15) is 0 Å². The lowest BCUT2D eigenvalue weighted by molar-refractivity contribution is 0.0600. The van der Waals surface area contributed by atoms with Crippen LogP contribution < -0.4 is 5.32 Å². The second-order valence-electron chi connectivity index (χ2n) is 6.67. The van der Waals surface area contributed by atoms with Crippen LogP contribution in [0.2, 0.25) is 0 Å². The lowest BCUT2D eigenvalue weighted by Crippen LogP contribution is -2.40. The van der Waals surface area contributed by atoms with Crippen LogP contribution in [0, 0.1) is 5.41 Å². The molecule has 0 aliphatic carbocycles. The normalized spacial score (nSPS) is 25.6. The second kappa shape index (κ2) is 5.78. The van der Waals surface area contributed by atoms with Gasteiger partial charge in [-0.05, 0) is 48.1 Å². The Morgan fingerprint density at radius 3 is 3.00 bits per heavy atom. The van der Waals surface area contributed by atoms with E-state index < -0.39 is 0 Å². The lowest BCUT2D eigenvalue weighted by Gasteiger charge is -2.35. The number of fused-ring (bicyclic) bond motifs is 1.